The fourth-order valence-corrected chi connectivity index (χ4v) is 1.36. The Balaban J connectivity index is 2.11. The van der Waals surface area contributed by atoms with E-state index in [0.717, 1.165) is 0 Å². The molecular formula is C12H8F2N4O. The van der Waals surface area contributed by atoms with Crippen molar-refractivity contribution in [2.75, 3.05) is 5.32 Å². The van der Waals surface area contributed by atoms with Crippen molar-refractivity contribution in [3.63, 3.8) is 0 Å². The van der Waals surface area contributed by atoms with Gasteiger partial charge in [0, 0.05) is 11.8 Å². The van der Waals surface area contributed by atoms with E-state index in [1.54, 1.807) is 18.2 Å². The van der Waals surface area contributed by atoms with Crippen LogP contribution >= 0.6 is 0 Å². The van der Waals surface area contributed by atoms with E-state index in [0.29, 0.717) is 11.5 Å². The third-order valence-corrected chi connectivity index (χ3v) is 2.11. The molecule has 1 aromatic carbocycles. The van der Waals surface area contributed by atoms with Crippen molar-refractivity contribution in [2.24, 2.45) is 0 Å². The van der Waals surface area contributed by atoms with Crippen LogP contribution in [-0.4, -0.2) is 16.8 Å². The van der Waals surface area contributed by atoms with Crippen LogP contribution in [0.15, 0.2) is 36.4 Å². The fraction of sp³-hybridized carbons (Fsp3) is 0.0833. The maximum Gasteiger partial charge on any atom is 0.387 e. The third kappa shape index (κ3) is 3.61. The molecule has 0 radical (unpaired) electrons. The summed E-state index contributed by atoms with van der Waals surface area (Å²) in [6, 6.07) is 11.0. The van der Waals surface area contributed by atoms with Gasteiger partial charge in [0.25, 0.3) is 0 Å². The molecule has 0 aliphatic heterocycles. The number of anilines is 2. The quantitative estimate of drug-likeness (QED) is 0.917. The molecule has 5 nitrogen and oxygen atoms in total. The van der Waals surface area contributed by atoms with Gasteiger partial charge in [0.15, 0.2) is 11.5 Å². The number of nitrogens with zero attached hydrogens (tertiary/aromatic N) is 3. The summed E-state index contributed by atoms with van der Waals surface area (Å²) in [7, 11) is 0. The first-order valence-electron chi connectivity index (χ1n) is 5.23. The van der Waals surface area contributed by atoms with Gasteiger partial charge in [-0.05, 0) is 24.3 Å². The van der Waals surface area contributed by atoms with Gasteiger partial charge in [-0.25, -0.2) is 0 Å². The molecule has 0 unspecified atom stereocenters. The molecule has 96 valence electrons. The molecule has 0 bridgehead atoms. The zero-order chi connectivity index (χ0) is 13.7. The second-order valence-corrected chi connectivity index (χ2v) is 3.45. The van der Waals surface area contributed by atoms with Gasteiger partial charge in [0.2, 0.25) is 0 Å². The van der Waals surface area contributed by atoms with Crippen molar-refractivity contribution in [2.45, 2.75) is 6.61 Å². The van der Waals surface area contributed by atoms with Crippen molar-refractivity contribution in [3.05, 3.63) is 42.1 Å². The van der Waals surface area contributed by atoms with Crippen LogP contribution < -0.4 is 10.1 Å². The average Bonchev–Trinajstić information content (AvgIpc) is 2.39. The second kappa shape index (κ2) is 5.73. The highest BCUT2D eigenvalue weighted by Gasteiger charge is 2.05. The Labute approximate surface area is 107 Å². The molecular weight excluding hydrogens is 254 g/mol. The number of ether oxygens (including phenoxy) is 1. The average molecular weight is 262 g/mol. The zero-order valence-electron chi connectivity index (χ0n) is 9.55. The number of rotatable bonds is 4. The standard InChI is InChI=1S/C12H8F2N4O/c13-12(14)19-10-3-1-2-8(6-10)16-11-5-4-9(7-15)17-18-11/h1-6,12H,(H,16,18). The Morgan fingerprint density at radius 1 is 1.21 bits per heavy atom. The molecule has 2 aromatic rings. The topological polar surface area (TPSA) is 70.8 Å². The molecule has 0 atom stereocenters. The number of hydrogen-bond donors (Lipinski definition) is 1. The minimum Gasteiger partial charge on any atom is -0.435 e. The van der Waals surface area contributed by atoms with E-state index >= 15 is 0 Å². The van der Waals surface area contributed by atoms with Gasteiger partial charge in [-0.15, -0.1) is 10.2 Å². The molecule has 0 saturated heterocycles. The highest BCUT2D eigenvalue weighted by molar-refractivity contribution is 5.57. The van der Waals surface area contributed by atoms with Gasteiger partial charge in [-0.1, -0.05) is 6.07 Å². The lowest BCUT2D eigenvalue weighted by Crippen LogP contribution is -2.02. The molecule has 0 aliphatic carbocycles. The van der Waals surface area contributed by atoms with Gasteiger partial charge in [-0.2, -0.15) is 14.0 Å². The summed E-state index contributed by atoms with van der Waals surface area (Å²) in [4.78, 5) is 0. The SMILES string of the molecule is N#Cc1ccc(Nc2cccc(OC(F)F)c2)nn1. The highest BCUT2D eigenvalue weighted by Crippen LogP contribution is 2.21. The molecule has 19 heavy (non-hydrogen) atoms. The third-order valence-electron chi connectivity index (χ3n) is 2.11. The first kappa shape index (κ1) is 12.7. The predicted molar refractivity (Wildman–Crippen MR) is 63.1 cm³/mol. The first-order chi connectivity index (χ1) is 9.17. The van der Waals surface area contributed by atoms with Crippen molar-refractivity contribution >= 4 is 11.5 Å². The van der Waals surface area contributed by atoms with Gasteiger partial charge in [0.05, 0.1) is 0 Å². The van der Waals surface area contributed by atoms with Crippen LogP contribution in [0.2, 0.25) is 0 Å². The molecule has 2 rings (SSSR count). The van der Waals surface area contributed by atoms with Crippen LogP contribution in [0.1, 0.15) is 5.69 Å². The number of alkyl halides is 2. The Kier molecular flexibility index (Phi) is 3.83. The summed E-state index contributed by atoms with van der Waals surface area (Å²) in [5.74, 6) is 0.440. The highest BCUT2D eigenvalue weighted by atomic mass is 19.3. The van der Waals surface area contributed by atoms with Gasteiger partial charge in [-0.3, -0.25) is 0 Å². The Morgan fingerprint density at radius 3 is 2.68 bits per heavy atom. The van der Waals surface area contributed by atoms with Crippen LogP contribution in [0.4, 0.5) is 20.3 Å². The fourth-order valence-electron chi connectivity index (χ4n) is 1.36. The monoisotopic (exact) mass is 262 g/mol. The largest absolute Gasteiger partial charge is 0.435 e. The van der Waals surface area contributed by atoms with Crippen molar-refractivity contribution in [1.29, 1.82) is 5.26 Å². The molecule has 0 saturated carbocycles. The minimum absolute atomic E-state index is 0.0432. The van der Waals surface area contributed by atoms with E-state index in [4.69, 9.17) is 5.26 Å². The number of nitriles is 1. The number of benzene rings is 1. The van der Waals surface area contributed by atoms with Crippen molar-refractivity contribution in [1.82, 2.24) is 10.2 Å². The minimum atomic E-state index is -2.87. The Bertz CT molecular complexity index is 595. The lowest BCUT2D eigenvalue weighted by molar-refractivity contribution is -0.0497. The lowest BCUT2D eigenvalue weighted by Gasteiger charge is -2.08. The maximum atomic E-state index is 12.1. The van der Waals surface area contributed by atoms with Crippen LogP contribution in [0.3, 0.4) is 0 Å². The molecule has 1 aromatic heterocycles. The maximum absolute atomic E-state index is 12.1. The smallest absolute Gasteiger partial charge is 0.387 e. The van der Waals surface area contributed by atoms with Crippen LogP contribution in [0, 0.1) is 11.3 Å². The van der Waals surface area contributed by atoms with E-state index in [1.165, 1.54) is 18.2 Å². The van der Waals surface area contributed by atoms with Crippen LogP contribution in [0.5, 0.6) is 5.75 Å². The summed E-state index contributed by atoms with van der Waals surface area (Å²) in [5.41, 5.74) is 0.720. The molecule has 0 amide bonds. The van der Waals surface area contributed by atoms with E-state index in [-0.39, 0.29) is 11.4 Å². The summed E-state index contributed by atoms with van der Waals surface area (Å²) in [5, 5.41) is 18.8. The van der Waals surface area contributed by atoms with Crippen LogP contribution in [-0.2, 0) is 0 Å². The van der Waals surface area contributed by atoms with E-state index in [2.05, 4.69) is 20.3 Å². The van der Waals surface area contributed by atoms with Gasteiger partial charge < -0.3 is 10.1 Å². The second-order valence-electron chi connectivity index (χ2n) is 3.45. The summed E-state index contributed by atoms with van der Waals surface area (Å²) in [6.07, 6.45) is 0. The van der Waals surface area contributed by atoms with Crippen LogP contribution in [0.25, 0.3) is 0 Å². The van der Waals surface area contributed by atoms with Gasteiger partial charge in [0.1, 0.15) is 11.8 Å². The normalized spacial score (nSPS) is 10.0. The molecule has 1 N–H and O–H groups in total. The van der Waals surface area contributed by atoms with Crippen molar-refractivity contribution in [3.8, 4) is 11.8 Å². The predicted octanol–water partition coefficient (Wildman–Crippen LogP) is 2.69. The molecule has 1 heterocycles. The van der Waals surface area contributed by atoms with Crippen molar-refractivity contribution < 1.29 is 13.5 Å². The Hall–Kier alpha value is -2.75. The molecule has 0 spiro atoms. The first-order valence-corrected chi connectivity index (χ1v) is 5.23. The number of hydrogen-bond acceptors (Lipinski definition) is 5. The Morgan fingerprint density at radius 2 is 2.05 bits per heavy atom. The summed E-state index contributed by atoms with van der Waals surface area (Å²) in [6.45, 7) is -2.87. The number of nitrogens with one attached hydrogen (secondary N) is 1. The van der Waals surface area contributed by atoms with E-state index in [9.17, 15) is 8.78 Å². The van der Waals surface area contributed by atoms with Gasteiger partial charge >= 0.3 is 6.61 Å². The molecule has 0 fully saturated rings. The van der Waals surface area contributed by atoms with E-state index in [1.807, 2.05) is 6.07 Å². The zero-order valence-corrected chi connectivity index (χ0v) is 9.55. The summed E-state index contributed by atoms with van der Waals surface area (Å²) >= 11 is 0. The number of halogens is 2. The lowest BCUT2D eigenvalue weighted by atomic mass is 10.3. The summed E-state index contributed by atoms with van der Waals surface area (Å²) < 4.78 is 28.4. The van der Waals surface area contributed by atoms with E-state index < -0.39 is 6.61 Å². The number of aromatic nitrogens is 2. The molecule has 0 aliphatic rings. The molecule has 7 heteroatoms.